The number of hydrogen-bond acceptors (Lipinski definition) is 9. The van der Waals surface area contributed by atoms with E-state index >= 15 is 0 Å². The Balaban J connectivity index is 2.42. The average Bonchev–Trinajstić information content (AvgIpc) is 2.54. The first-order chi connectivity index (χ1) is 12.2. The van der Waals surface area contributed by atoms with Crippen molar-refractivity contribution in [3.63, 3.8) is 0 Å². The van der Waals surface area contributed by atoms with Crippen LogP contribution in [0.25, 0.3) is 0 Å². The molecule has 0 radical (unpaired) electrons. The Hall–Kier alpha value is -2.95. The molecule has 140 valence electrons. The van der Waals surface area contributed by atoms with Gasteiger partial charge in [0.2, 0.25) is 5.82 Å². The van der Waals surface area contributed by atoms with Crippen molar-refractivity contribution >= 4 is 21.6 Å². The van der Waals surface area contributed by atoms with E-state index in [0.717, 1.165) is 12.0 Å². The first-order valence-electron chi connectivity index (χ1n) is 7.70. The van der Waals surface area contributed by atoms with Gasteiger partial charge in [0.05, 0.1) is 11.5 Å². The highest BCUT2D eigenvalue weighted by molar-refractivity contribution is 7.87. The lowest BCUT2D eigenvalue weighted by Crippen LogP contribution is -2.14. The average molecular weight is 382 g/mol. The number of ether oxygens (including phenoxy) is 1. The summed E-state index contributed by atoms with van der Waals surface area (Å²) < 4.78 is 34.9. The minimum atomic E-state index is -4.35. The van der Waals surface area contributed by atoms with E-state index in [-0.39, 0.29) is 17.5 Å². The lowest BCUT2D eigenvalue weighted by Gasteiger charge is -2.09. The molecular formula is C15H18N4O6S. The fourth-order valence-electron chi connectivity index (χ4n) is 1.89. The maximum Gasteiger partial charge on any atom is 0.374 e. The third-order valence-corrected chi connectivity index (χ3v) is 4.50. The van der Waals surface area contributed by atoms with Crippen molar-refractivity contribution in [2.24, 2.45) is 0 Å². The number of nitrogens with two attached hydrogens (primary N) is 1. The summed E-state index contributed by atoms with van der Waals surface area (Å²) in [4.78, 5) is 17.5. The lowest BCUT2D eigenvalue weighted by atomic mass is 10.2. The van der Waals surface area contributed by atoms with Gasteiger partial charge in [0.1, 0.15) is 4.90 Å². The quantitative estimate of drug-likeness (QED) is 0.314. The molecule has 26 heavy (non-hydrogen) atoms. The number of nitrogen functional groups attached to an aromatic ring is 1. The number of rotatable bonds is 8. The molecule has 0 aliphatic rings. The summed E-state index contributed by atoms with van der Waals surface area (Å²) >= 11 is 0. The van der Waals surface area contributed by atoms with Crippen molar-refractivity contribution in [1.29, 1.82) is 0 Å². The predicted octanol–water partition coefficient (Wildman–Crippen LogP) is 2.22. The molecule has 0 spiro atoms. The van der Waals surface area contributed by atoms with E-state index in [0.29, 0.717) is 6.42 Å². The summed E-state index contributed by atoms with van der Waals surface area (Å²) in [6.45, 7) is 3.97. The minimum absolute atomic E-state index is 0.178. The maximum absolute atomic E-state index is 12.4. The number of aryl methyl sites for hydroxylation is 1. The van der Waals surface area contributed by atoms with E-state index in [1.807, 2.05) is 6.92 Å². The summed E-state index contributed by atoms with van der Waals surface area (Å²) in [7, 11) is -4.35. The van der Waals surface area contributed by atoms with E-state index in [1.165, 1.54) is 12.1 Å². The second-order valence-corrected chi connectivity index (χ2v) is 6.90. The number of benzene rings is 1. The van der Waals surface area contributed by atoms with E-state index in [9.17, 15) is 18.5 Å². The molecule has 0 saturated carbocycles. The van der Waals surface area contributed by atoms with Crippen LogP contribution in [0.5, 0.6) is 11.9 Å². The fraction of sp³-hybridized carbons (Fsp3) is 0.333. The first kappa shape index (κ1) is 19.4. The Morgan fingerprint density at radius 3 is 2.46 bits per heavy atom. The van der Waals surface area contributed by atoms with Gasteiger partial charge in [0.15, 0.2) is 0 Å². The van der Waals surface area contributed by atoms with E-state index in [2.05, 4.69) is 9.97 Å². The highest BCUT2D eigenvalue weighted by Gasteiger charge is 2.30. The van der Waals surface area contributed by atoms with E-state index in [1.54, 1.807) is 19.1 Å². The number of nitrogens with zero attached hydrogens (tertiary/aromatic N) is 3. The van der Waals surface area contributed by atoms with Crippen LogP contribution in [-0.4, -0.2) is 29.9 Å². The van der Waals surface area contributed by atoms with Crippen molar-refractivity contribution in [2.45, 2.75) is 31.6 Å². The standard InChI is InChI=1S/C15H18N4O6S/c1-3-4-9-24-15-17-13(16)12(19(20)21)14(18-15)25-26(22,23)11-7-5-10(2)6-8-11/h5-8H,3-4,9H2,1-2H3,(H2,16,17,18). The van der Waals surface area contributed by atoms with Crippen LogP contribution >= 0.6 is 0 Å². The SMILES string of the molecule is CCCCOc1nc(N)c([N+](=O)[O-])c(OS(=O)(=O)c2ccc(C)cc2)n1. The van der Waals surface area contributed by atoms with Gasteiger partial charge in [-0.1, -0.05) is 31.0 Å². The zero-order valence-electron chi connectivity index (χ0n) is 14.2. The molecule has 0 fully saturated rings. The zero-order valence-corrected chi connectivity index (χ0v) is 15.0. The number of aromatic nitrogens is 2. The first-order valence-corrected chi connectivity index (χ1v) is 9.11. The van der Waals surface area contributed by atoms with E-state index in [4.69, 9.17) is 14.7 Å². The lowest BCUT2D eigenvalue weighted by molar-refractivity contribution is -0.385. The predicted molar refractivity (Wildman–Crippen MR) is 92.5 cm³/mol. The van der Waals surface area contributed by atoms with Gasteiger partial charge in [-0.3, -0.25) is 10.1 Å². The number of anilines is 1. The molecule has 1 aromatic carbocycles. The van der Waals surface area contributed by atoms with Crippen molar-refractivity contribution in [1.82, 2.24) is 9.97 Å². The Kier molecular flexibility index (Phi) is 5.93. The Bertz CT molecular complexity index is 899. The molecule has 0 amide bonds. The summed E-state index contributed by atoms with van der Waals surface area (Å²) in [6.07, 6.45) is 1.53. The molecule has 2 aromatic rings. The van der Waals surface area contributed by atoms with E-state index < -0.39 is 32.4 Å². The van der Waals surface area contributed by atoms with Crippen LogP contribution in [0.2, 0.25) is 0 Å². The molecule has 0 unspecified atom stereocenters. The van der Waals surface area contributed by atoms with Crippen molar-refractivity contribution < 1.29 is 22.3 Å². The monoisotopic (exact) mass is 382 g/mol. The highest BCUT2D eigenvalue weighted by atomic mass is 32.2. The number of nitro groups is 1. The topological polar surface area (TPSA) is 148 Å². The van der Waals surface area contributed by atoms with Crippen LogP contribution < -0.4 is 14.7 Å². The van der Waals surface area contributed by atoms with Crippen LogP contribution in [-0.2, 0) is 10.1 Å². The Labute approximate surface area is 150 Å². The molecule has 0 bridgehead atoms. The molecule has 0 saturated heterocycles. The molecule has 0 aliphatic carbocycles. The van der Waals surface area contributed by atoms with Gasteiger partial charge in [0, 0.05) is 0 Å². The second-order valence-electron chi connectivity index (χ2n) is 5.35. The van der Waals surface area contributed by atoms with Crippen LogP contribution in [0.3, 0.4) is 0 Å². The Morgan fingerprint density at radius 2 is 1.88 bits per heavy atom. The van der Waals surface area contributed by atoms with Crippen LogP contribution in [0.4, 0.5) is 11.5 Å². The maximum atomic E-state index is 12.4. The molecule has 10 nitrogen and oxygen atoms in total. The summed E-state index contributed by atoms with van der Waals surface area (Å²) in [5.41, 5.74) is 5.55. The van der Waals surface area contributed by atoms with Gasteiger partial charge in [-0.25, -0.2) is 0 Å². The van der Waals surface area contributed by atoms with Gasteiger partial charge in [0.25, 0.3) is 0 Å². The molecule has 11 heteroatoms. The largest absolute Gasteiger partial charge is 0.463 e. The van der Waals surface area contributed by atoms with Crippen molar-refractivity contribution in [2.75, 3.05) is 12.3 Å². The van der Waals surface area contributed by atoms with Crippen molar-refractivity contribution in [3.05, 3.63) is 39.9 Å². The highest BCUT2D eigenvalue weighted by Crippen LogP contribution is 2.33. The van der Waals surface area contributed by atoms with Gasteiger partial charge in [-0.05, 0) is 25.5 Å². The Morgan fingerprint density at radius 1 is 1.23 bits per heavy atom. The second kappa shape index (κ2) is 7.95. The molecule has 1 aromatic heterocycles. The number of unbranched alkanes of at least 4 members (excludes halogenated alkanes) is 1. The molecule has 0 aliphatic heterocycles. The third kappa shape index (κ3) is 4.57. The molecule has 2 N–H and O–H groups in total. The summed E-state index contributed by atoms with van der Waals surface area (Å²) in [5, 5.41) is 11.2. The normalized spacial score (nSPS) is 11.2. The summed E-state index contributed by atoms with van der Waals surface area (Å²) in [5.74, 6) is -1.35. The van der Waals surface area contributed by atoms with Crippen molar-refractivity contribution in [3.8, 4) is 11.9 Å². The molecule has 2 rings (SSSR count). The van der Waals surface area contributed by atoms with Gasteiger partial charge in [-0.2, -0.15) is 18.4 Å². The minimum Gasteiger partial charge on any atom is -0.463 e. The number of hydrogen-bond donors (Lipinski definition) is 1. The third-order valence-electron chi connectivity index (χ3n) is 3.27. The van der Waals surface area contributed by atoms with Crippen LogP contribution in [0.15, 0.2) is 29.2 Å². The van der Waals surface area contributed by atoms with Crippen LogP contribution in [0, 0.1) is 17.0 Å². The molecule has 1 heterocycles. The molecule has 0 atom stereocenters. The summed E-state index contributed by atoms with van der Waals surface area (Å²) in [6, 6.07) is 5.48. The van der Waals surface area contributed by atoms with Crippen LogP contribution in [0.1, 0.15) is 25.3 Å². The van der Waals surface area contributed by atoms with Gasteiger partial charge >= 0.3 is 27.7 Å². The smallest absolute Gasteiger partial charge is 0.374 e. The molecular weight excluding hydrogens is 364 g/mol. The van der Waals surface area contributed by atoms with Gasteiger partial charge < -0.3 is 14.7 Å². The zero-order chi connectivity index (χ0) is 19.3. The van der Waals surface area contributed by atoms with Gasteiger partial charge in [-0.15, -0.1) is 0 Å². The fourth-order valence-corrected chi connectivity index (χ4v) is 2.78.